The predicted octanol–water partition coefficient (Wildman–Crippen LogP) is 5.49. The third-order valence-electron chi connectivity index (χ3n) is 5.56. The molecule has 0 unspecified atom stereocenters. The average Bonchev–Trinajstić information content (AvgIpc) is 3.32. The van der Waals surface area contributed by atoms with Crippen LogP contribution in [0.5, 0.6) is 0 Å². The number of hydrogen-bond acceptors (Lipinski definition) is 2. The lowest BCUT2D eigenvalue weighted by molar-refractivity contribution is -0.117. The summed E-state index contributed by atoms with van der Waals surface area (Å²) in [6, 6.07) is 19.6. The Bertz CT molecular complexity index is 1370. The van der Waals surface area contributed by atoms with Crippen LogP contribution < -0.4 is 5.32 Å². The Kier molecular flexibility index (Phi) is 6.16. The van der Waals surface area contributed by atoms with Gasteiger partial charge in [0.2, 0.25) is 0 Å². The first-order valence-corrected chi connectivity index (χ1v) is 10.8. The molecule has 2 aromatic heterocycles. The smallest absolute Gasteiger partial charge is 0.261 e. The Balaban J connectivity index is 1.50. The second-order valence-corrected chi connectivity index (χ2v) is 8.11. The van der Waals surface area contributed by atoms with Crippen molar-refractivity contribution in [1.82, 2.24) is 14.9 Å². The first kappa shape index (κ1) is 21.5. The molecule has 0 saturated carbocycles. The van der Waals surface area contributed by atoms with Crippen LogP contribution in [0.3, 0.4) is 0 Å². The van der Waals surface area contributed by atoms with Crippen LogP contribution in [0.2, 0.25) is 5.02 Å². The van der Waals surface area contributed by atoms with Crippen molar-refractivity contribution in [3.8, 4) is 11.8 Å². The Morgan fingerprint density at radius 1 is 1.19 bits per heavy atom. The maximum atomic E-state index is 12.7. The first-order chi connectivity index (χ1) is 15.5. The van der Waals surface area contributed by atoms with Gasteiger partial charge in [0.25, 0.3) is 5.91 Å². The molecule has 2 heterocycles. The van der Waals surface area contributed by atoms with Crippen LogP contribution in [-0.2, 0) is 11.2 Å². The lowest BCUT2D eigenvalue weighted by Crippen LogP contribution is -2.26. The van der Waals surface area contributed by atoms with Gasteiger partial charge in [0, 0.05) is 45.7 Å². The topological polar surface area (TPSA) is 73.6 Å². The number of fused-ring (bicyclic) bond motifs is 1. The zero-order valence-electron chi connectivity index (χ0n) is 17.9. The van der Waals surface area contributed by atoms with Crippen molar-refractivity contribution in [2.45, 2.75) is 20.3 Å². The van der Waals surface area contributed by atoms with Gasteiger partial charge in [0.05, 0.1) is 0 Å². The van der Waals surface area contributed by atoms with E-state index in [-0.39, 0.29) is 11.5 Å². The molecule has 32 heavy (non-hydrogen) atoms. The van der Waals surface area contributed by atoms with E-state index in [9.17, 15) is 10.1 Å². The second kappa shape index (κ2) is 9.17. The van der Waals surface area contributed by atoms with Crippen molar-refractivity contribution in [2.75, 3.05) is 6.54 Å². The van der Waals surface area contributed by atoms with Crippen LogP contribution in [0.15, 0.2) is 66.4 Å². The van der Waals surface area contributed by atoms with Crippen molar-refractivity contribution < 1.29 is 4.79 Å². The predicted molar refractivity (Wildman–Crippen MR) is 129 cm³/mol. The molecule has 2 aromatic carbocycles. The number of H-pyrrole nitrogens is 1. The number of nitrogens with one attached hydrogen (secondary N) is 2. The molecule has 4 rings (SSSR count). The van der Waals surface area contributed by atoms with Gasteiger partial charge in [0.1, 0.15) is 11.6 Å². The second-order valence-electron chi connectivity index (χ2n) is 7.68. The minimum absolute atomic E-state index is 0.0790. The maximum absolute atomic E-state index is 12.7. The number of aromatic amines is 1. The fourth-order valence-corrected chi connectivity index (χ4v) is 4.18. The molecule has 0 bridgehead atoms. The molecule has 0 atom stereocenters. The highest BCUT2D eigenvalue weighted by atomic mass is 35.5. The molecule has 0 aliphatic carbocycles. The number of carbonyl (C=O) groups excluding carboxylic acids is 1. The van der Waals surface area contributed by atoms with Crippen molar-refractivity contribution in [1.29, 1.82) is 5.26 Å². The van der Waals surface area contributed by atoms with Gasteiger partial charge in [-0.2, -0.15) is 5.26 Å². The Labute approximate surface area is 191 Å². The highest BCUT2D eigenvalue weighted by Gasteiger charge is 2.14. The van der Waals surface area contributed by atoms with Gasteiger partial charge in [0.15, 0.2) is 0 Å². The summed E-state index contributed by atoms with van der Waals surface area (Å²) >= 11 is 6.15. The standard InChI is InChI=1S/C26H23ClN4O/c1-17-12-20(18(2)31(17)23-7-5-6-22(27)14-23)13-21(15-28)26(32)29-11-10-19-16-30-25-9-4-3-8-24(19)25/h3-9,12-14,16,30H,10-11H2,1-2H3,(H,29,32). The quantitative estimate of drug-likeness (QED) is 0.306. The van der Waals surface area contributed by atoms with Crippen LogP contribution in [0, 0.1) is 25.2 Å². The fraction of sp³-hybridized carbons (Fsp3) is 0.154. The summed E-state index contributed by atoms with van der Waals surface area (Å²) < 4.78 is 2.06. The first-order valence-electron chi connectivity index (χ1n) is 10.4. The Morgan fingerprint density at radius 3 is 2.78 bits per heavy atom. The van der Waals surface area contributed by atoms with Gasteiger partial charge in [-0.1, -0.05) is 35.9 Å². The fourth-order valence-electron chi connectivity index (χ4n) is 3.99. The Morgan fingerprint density at radius 2 is 2.00 bits per heavy atom. The van der Waals surface area contributed by atoms with E-state index in [0.717, 1.165) is 39.1 Å². The largest absolute Gasteiger partial charge is 0.361 e. The molecular formula is C26H23ClN4O. The van der Waals surface area contributed by atoms with E-state index in [0.29, 0.717) is 18.0 Å². The number of para-hydroxylation sites is 1. The number of carbonyl (C=O) groups is 1. The molecule has 4 aromatic rings. The van der Waals surface area contributed by atoms with Gasteiger partial charge in [-0.3, -0.25) is 4.79 Å². The molecule has 0 spiro atoms. The summed E-state index contributed by atoms with van der Waals surface area (Å²) in [5.41, 5.74) is 5.97. The minimum atomic E-state index is -0.375. The van der Waals surface area contributed by atoms with E-state index < -0.39 is 0 Å². The molecule has 160 valence electrons. The van der Waals surface area contributed by atoms with E-state index in [2.05, 4.69) is 20.9 Å². The molecule has 0 fully saturated rings. The lowest BCUT2D eigenvalue weighted by Gasteiger charge is -2.10. The van der Waals surface area contributed by atoms with Crippen molar-refractivity contribution in [3.63, 3.8) is 0 Å². The molecule has 0 radical (unpaired) electrons. The van der Waals surface area contributed by atoms with Crippen molar-refractivity contribution in [3.05, 3.63) is 93.9 Å². The number of aryl methyl sites for hydroxylation is 1. The van der Waals surface area contributed by atoms with E-state index in [1.807, 2.05) is 74.6 Å². The number of halogens is 1. The van der Waals surface area contributed by atoms with Crippen LogP contribution in [-0.4, -0.2) is 22.0 Å². The third kappa shape index (κ3) is 4.32. The Hall–Kier alpha value is -3.75. The van der Waals surface area contributed by atoms with Gasteiger partial charge in [-0.05, 0) is 67.8 Å². The van der Waals surface area contributed by atoms with Crippen LogP contribution in [0.25, 0.3) is 22.7 Å². The van der Waals surface area contributed by atoms with E-state index in [1.165, 1.54) is 0 Å². The minimum Gasteiger partial charge on any atom is -0.361 e. The third-order valence-corrected chi connectivity index (χ3v) is 5.79. The average molecular weight is 443 g/mol. The monoisotopic (exact) mass is 442 g/mol. The normalized spacial score (nSPS) is 11.5. The number of rotatable bonds is 6. The summed E-state index contributed by atoms with van der Waals surface area (Å²) in [6.45, 7) is 4.39. The summed E-state index contributed by atoms with van der Waals surface area (Å²) in [6.07, 6.45) is 4.28. The summed E-state index contributed by atoms with van der Waals surface area (Å²) in [5, 5.41) is 14.3. The zero-order chi connectivity index (χ0) is 22.7. The lowest BCUT2D eigenvalue weighted by atomic mass is 10.1. The summed E-state index contributed by atoms with van der Waals surface area (Å²) in [7, 11) is 0. The van der Waals surface area contributed by atoms with Gasteiger partial charge in [-0.25, -0.2) is 0 Å². The van der Waals surface area contributed by atoms with Crippen LogP contribution >= 0.6 is 11.6 Å². The molecule has 0 aliphatic rings. The number of aromatic nitrogens is 2. The van der Waals surface area contributed by atoms with Gasteiger partial charge < -0.3 is 14.9 Å². The number of benzene rings is 2. The molecule has 6 heteroatoms. The van der Waals surface area contributed by atoms with E-state index in [1.54, 1.807) is 6.08 Å². The van der Waals surface area contributed by atoms with E-state index >= 15 is 0 Å². The number of hydrogen-bond donors (Lipinski definition) is 2. The zero-order valence-corrected chi connectivity index (χ0v) is 18.7. The van der Waals surface area contributed by atoms with Crippen LogP contribution in [0.1, 0.15) is 22.5 Å². The number of amides is 1. The van der Waals surface area contributed by atoms with Gasteiger partial charge >= 0.3 is 0 Å². The highest BCUT2D eigenvalue weighted by molar-refractivity contribution is 6.30. The van der Waals surface area contributed by atoms with Crippen LogP contribution in [0.4, 0.5) is 0 Å². The molecule has 0 aliphatic heterocycles. The molecule has 2 N–H and O–H groups in total. The number of nitriles is 1. The molecule has 5 nitrogen and oxygen atoms in total. The maximum Gasteiger partial charge on any atom is 0.261 e. The number of nitrogens with zero attached hydrogens (tertiary/aromatic N) is 2. The molecule has 0 saturated heterocycles. The van der Waals surface area contributed by atoms with Gasteiger partial charge in [-0.15, -0.1) is 0 Å². The summed E-state index contributed by atoms with van der Waals surface area (Å²) in [4.78, 5) is 15.9. The highest BCUT2D eigenvalue weighted by Crippen LogP contribution is 2.24. The SMILES string of the molecule is Cc1cc(C=C(C#N)C(=O)NCCc2c[nH]c3ccccc23)c(C)n1-c1cccc(Cl)c1. The molecular weight excluding hydrogens is 420 g/mol. The van der Waals surface area contributed by atoms with Crippen molar-refractivity contribution >= 4 is 34.5 Å². The van der Waals surface area contributed by atoms with E-state index in [4.69, 9.17) is 11.6 Å². The molecule has 1 amide bonds. The summed E-state index contributed by atoms with van der Waals surface area (Å²) in [5.74, 6) is -0.375. The van der Waals surface area contributed by atoms with Crippen molar-refractivity contribution in [2.24, 2.45) is 0 Å².